The van der Waals surface area contributed by atoms with Crippen LogP contribution < -0.4 is 5.32 Å². The summed E-state index contributed by atoms with van der Waals surface area (Å²) >= 11 is 3.08. The number of benzene rings is 1. The van der Waals surface area contributed by atoms with Crippen LogP contribution in [0.2, 0.25) is 0 Å². The molecule has 0 unspecified atom stereocenters. The van der Waals surface area contributed by atoms with Gasteiger partial charge in [0.15, 0.2) is 9.84 Å². The van der Waals surface area contributed by atoms with Crippen molar-refractivity contribution in [3.8, 4) is 0 Å². The van der Waals surface area contributed by atoms with E-state index in [4.69, 9.17) is 0 Å². The maximum Gasteiger partial charge on any atom is 0.234 e. The zero-order valence-electron chi connectivity index (χ0n) is 11.2. The predicted octanol–water partition coefficient (Wildman–Crippen LogP) is 2.27. The molecule has 110 valence electrons. The number of hydrogen-bond donors (Lipinski definition) is 1. The molecule has 1 aromatic rings. The maximum atomic E-state index is 11.8. The Kier molecular flexibility index (Phi) is 5.40. The lowest BCUT2D eigenvalue weighted by molar-refractivity contribution is -0.113. The summed E-state index contributed by atoms with van der Waals surface area (Å²) in [6.45, 7) is 0. The van der Waals surface area contributed by atoms with Gasteiger partial charge in [-0.15, -0.1) is 23.5 Å². The average Bonchev–Trinajstić information content (AvgIpc) is 2.77. The number of hydrogen-bond acceptors (Lipinski definition) is 5. The molecule has 2 rings (SSSR count). The highest BCUT2D eigenvalue weighted by molar-refractivity contribution is 8.02. The number of thioether (sulfide) groups is 2. The Morgan fingerprint density at radius 2 is 2.05 bits per heavy atom. The number of rotatable bonds is 5. The van der Waals surface area contributed by atoms with Crippen molar-refractivity contribution >= 4 is 45.0 Å². The molecule has 1 N–H and O–H groups in total. The van der Waals surface area contributed by atoms with Gasteiger partial charge in [0.25, 0.3) is 0 Å². The second-order valence-corrected chi connectivity index (χ2v) is 9.01. The van der Waals surface area contributed by atoms with E-state index >= 15 is 0 Å². The molecule has 1 aliphatic heterocycles. The summed E-state index contributed by atoms with van der Waals surface area (Å²) in [6.07, 6.45) is 2.66. The minimum atomic E-state index is -2.86. The number of carbonyl (C=O) groups is 1. The van der Waals surface area contributed by atoms with E-state index in [0.29, 0.717) is 12.2 Å². The van der Waals surface area contributed by atoms with E-state index in [9.17, 15) is 13.2 Å². The summed E-state index contributed by atoms with van der Waals surface area (Å²) in [5.74, 6) is 0.663. The Hall–Kier alpha value is -0.660. The molecule has 1 fully saturated rings. The van der Waals surface area contributed by atoms with Gasteiger partial charge in [-0.25, -0.2) is 8.42 Å². The molecule has 0 aromatic heterocycles. The zero-order chi connectivity index (χ0) is 14.6. The fourth-order valence-corrected chi connectivity index (χ4v) is 5.81. The molecule has 0 spiro atoms. The van der Waals surface area contributed by atoms with E-state index in [1.165, 1.54) is 11.8 Å². The van der Waals surface area contributed by atoms with Gasteiger partial charge in [-0.3, -0.25) is 4.79 Å². The molecule has 0 aliphatic carbocycles. The summed E-state index contributed by atoms with van der Waals surface area (Å²) in [5, 5.41) is 2.88. The highest BCUT2D eigenvalue weighted by atomic mass is 32.2. The lowest BCUT2D eigenvalue weighted by Gasteiger charge is -2.08. The Balaban J connectivity index is 1.78. The first-order valence-electron chi connectivity index (χ1n) is 6.24. The van der Waals surface area contributed by atoms with Crippen LogP contribution in [-0.2, 0) is 14.6 Å². The monoisotopic (exact) mass is 331 g/mol. The van der Waals surface area contributed by atoms with Crippen molar-refractivity contribution in [1.82, 2.24) is 0 Å². The summed E-state index contributed by atoms with van der Waals surface area (Å²) in [4.78, 5) is 12.9. The van der Waals surface area contributed by atoms with Crippen LogP contribution in [0, 0.1) is 0 Å². The Morgan fingerprint density at radius 3 is 2.60 bits per heavy atom. The van der Waals surface area contributed by atoms with Crippen molar-refractivity contribution < 1.29 is 13.2 Å². The number of amides is 1. The van der Waals surface area contributed by atoms with Gasteiger partial charge in [0.1, 0.15) is 0 Å². The highest BCUT2D eigenvalue weighted by Crippen LogP contribution is 2.24. The molecule has 7 heteroatoms. The summed E-state index contributed by atoms with van der Waals surface area (Å²) in [6, 6.07) is 7.65. The standard InChI is InChI=1S/C13H17NO3S3/c1-18-11-4-2-10(3-5-11)14-13(15)8-19-12-6-7-20(16,17)9-12/h2-5,12H,6-9H2,1H3,(H,14,15)/t12-/m0/s1. The molecule has 1 amide bonds. The van der Waals surface area contributed by atoms with Crippen molar-refractivity contribution in [2.45, 2.75) is 16.6 Å². The average molecular weight is 331 g/mol. The summed E-state index contributed by atoms with van der Waals surface area (Å²) < 4.78 is 22.6. The van der Waals surface area contributed by atoms with E-state index in [0.717, 1.165) is 10.6 Å². The first kappa shape index (κ1) is 15.7. The fourth-order valence-electron chi connectivity index (χ4n) is 1.96. The quantitative estimate of drug-likeness (QED) is 0.839. The van der Waals surface area contributed by atoms with E-state index in [1.807, 2.05) is 30.5 Å². The van der Waals surface area contributed by atoms with Crippen LogP contribution in [-0.4, -0.2) is 43.1 Å². The number of sulfone groups is 1. The number of anilines is 1. The van der Waals surface area contributed by atoms with Crippen LogP contribution in [0.5, 0.6) is 0 Å². The topological polar surface area (TPSA) is 63.2 Å². The molecular weight excluding hydrogens is 314 g/mol. The van der Waals surface area contributed by atoms with Crippen molar-refractivity contribution in [2.75, 3.05) is 28.8 Å². The molecule has 20 heavy (non-hydrogen) atoms. The van der Waals surface area contributed by atoms with Crippen molar-refractivity contribution in [1.29, 1.82) is 0 Å². The molecule has 1 atom stereocenters. The van der Waals surface area contributed by atoms with Crippen LogP contribution in [0.1, 0.15) is 6.42 Å². The van der Waals surface area contributed by atoms with Crippen LogP contribution in [0.15, 0.2) is 29.2 Å². The first-order valence-corrected chi connectivity index (χ1v) is 10.3. The molecule has 1 heterocycles. The minimum Gasteiger partial charge on any atom is -0.325 e. The highest BCUT2D eigenvalue weighted by Gasteiger charge is 2.28. The number of nitrogens with one attached hydrogen (secondary N) is 1. The van der Waals surface area contributed by atoms with Crippen LogP contribution in [0.25, 0.3) is 0 Å². The molecule has 1 aliphatic rings. The third kappa shape index (κ3) is 4.71. The van der Waals surface area contributed by atoms with Crippen molar-refractivity contribution in [3.05, 3.63) is 24.3 Å². The molecule has 0 bridgehead atoms. The lowest BCUT2D eigenvalue weighted by Crippen LogP contribution is -2.17. The maximum absolute atomic E-state index is 11.8. The van der Waals surface area contributed by atoms with Gasteiger partial charge in [0.2, 0.25) is 5.91 Å². The number of carbonyl (C=O) groups excluding carboxylic acids is 1. The molecule has 1 saturated heterocycles. The van der Waals surface area contributed by atoms with Crippen LogP contribution >= 0.6 is 23.5 Å². The largest absolute Gasteiger partial charge is 0.325 e. The second-order valence-electron chi connectivity index (χ2n) is 4.61. The van der Waals surface area contributed by atoms with Gasteiger partial charge < -0.3 is 5.32 Å². The summed E-state index contributed by atoms with van der Waals surface area (Å²) in [5.41, 5.74) is 0.771. The van der Waals surface area contributed by atoms with E-state index in [2.05, 4.69) is 5.32 Å². The Labute approximate surface area is 128 Å². The minimum absolute atomic E-state index is 0.0598. The molecule has 0 saturated carbocycles. The smallest absolute Gasteiger partial charge is 0.234 e. The van der Waals surface area contributed by atoms with Crippen molar-refractivity contribution in [2.24, 2.45) is 0 Å². The third-order valence-corrected chi connectivity index (χ3v) is 7.04. The van der Waals surface area contributed by atoms with Crippen LogP contribution in [0.3, 0.4) is 0 Å². The summed E-state index contributed by atoms with van der Waals surface area (Å²) in [7, 11) is -2.86. The molecule has 1 aromatic carbocycles. The molecular formula is C13H17NO3S3. The Bertz CT molecular complexity index is 569. The van der Waals surface area contributed by atoms with Crippen molar-refractivity contribution in [3.63, 3.8) is 0 Å². The van der Waals surface area contributed by atoms with E-state index < -0.39 is 9.84 Å². The van der Waals surface area contributed by atoms with Gasteiger partial charge in [-0.05, 0) is 36.9 Å². The SMILES string of the molecule is CSc1ccc(NC(=O)CS[C@H]2CCS(=O)(=O)C2)cc1. The van der Waals surface area contributed by atoms with Gasteiger partial charge >= 0.3 is 0 Å². The van der Waals surface area contributed by atoms with Gasteiger partial charge in [-0.1, -0.05) is 0 Å². The van der Waals surface area contributed by atoms with Gasteiger partial charge in [0, 0.05) is 15.8 Å². The zero-order valence-corrected chi connectivity index (χ0v) is 13.6. The molecule has 0 radical (unpaired) electrons. The van der Waals surface area contributed by atoms with E-state index in [-0.39, 0.29) is 22.7 Å². The van der Waals surface area contributed by atoms with Gasteiger partial charge in [-0.2, -0.15) is 0 Å². The predicted molar refractivity (Wildman–Crippen MR) is 86.4 cm³/mol. The third-order valence-electron chi connectivity index (χ3n) is 3.01. The van der Waals surface area contributed by atoms with E-state index in [1.54, 1.807) is 11.8 Å². The van der Waals surface area contributed by atoms with Gasteiger partial charge in [0.05, 0.1) is 17.3 Å². The Morgan fingerprint density at radius 1 is 1.35 bits per heavy atom. The molecule has 4 nitrogen and oxygen atoms in total. The first-order chi connectivity index (χ1) is 9.48. The normalized spacial score (nSPS) is 20.8. The second kappa shape index (κ2) is 6.87. The fraction of sp³-hybridized carbons (Fsp3) is 0.462. The lowest BCUT2D eigenvalue weighted by atomic mass is 10.3. The van der Waals surface area contributed by atoms with Crippen LogP contribution in [0.4, 0.5) is 5.69 Å².